The zero-order valence-electron chi connectivity index (χ0n) is 21.4. The lowest BCUT2D eigenvalue weighted by molar-refractivity contribution is 0.0851. The maximum atomic E-state index is 15.3. The van der Waals surface area contributed by atoms with Gasteiger partial charge in [-0.05, 0) is 50.1 Å². The molecule has 0 bridgehead atoms. The monoisotopic (exact) mass is 553 g/mol. The first-order chi connectivity index (χ1) is 19.4. The van der Waals surface area contributed by atoms with Crippen LogP contribution in [0, 0.1) is 11.7 Å². The van der Waals surface area contributed by atoms with E-state index in [0.717, 1.165) is 29.7 Å². The highest BCUT2D eigenvalue weighted by molar-refractivity contribution is 7.17. The number of nitrogens with zero attached hydrogens (tertiary/aromatic N) is 4. The molecule has 0 spiro atoms. The van der Waals surface area contributed by atoms with Crippen molar-refractivity contribution in [3.05, 3.63) is 65.7 Å². The van der Waals surface area contributed by atoms with Gasteiger partial charge >= 0.3 is 0 Å². The first-order valence-electron chi connectivity index (χ1n) is 13.0. The maximum Gasteiger partial charge on any atom is 0.169 e. The van der Waals surface area contributed by atoms with Gasteiger partial charge in [0.15, 0.2) is 11.6 Å². The van der Waals surface area contributed by atoms with Gasteiger partial charge in [0, 0.05) is 40.9 Å². The third-order valence-electron chi connectivity index (χ3n) is 7.42. The summed E-state index contributed by atoms with van der Waals surface area (Å²) in [6.07, 6.45) is 7.35. The molecule has 9 nitrogen and oxygen atoms in total. The number of nitrogens with one attached hydrogen (secondary N) is 3. The van der Waals surface area contributed by atoms with Gasteiger partial charge in [0.2, 0.25) is 0 Å². The van der Waals surface area contributed by atoms with Crippen LogP contribution in [-0.2, 0) is 0 Å². The van der Waals surface area contributed by atoms with Crippen LogP contribution >= 0.6 is 11.3 Å². The van der Waals surface area contributed by atoms with Crippen LogP contribution in [-0.4, -0.2) is 47.3 Å². The van der Waals surface area contributed by atoms with Crippen LogP contribution in [0.4, 0.5) is 10.1 Å². The smallest absolute Gasteiger partial charge is 0.169 e. The molecule has 0 saturated heterocycles. The number of thiophene rings is 1. The standard InChI is InChI=1S/C29H24FN7O2S/c1-14(38)23-5-6-24(40-23)27-26-21(7-8-32-27)34-28(35-26)25-19-10-18(20(30)11-22(19)36-37-25)16-9-17(13-31-12-16)33-29(39)15-3-2-4-15/h5-13,15,29,33,39H,2-4H2,1H3,(H,34,35)(H,36,37). The number of carbonyl (C=O) groups excluding carboxylic acids is 1. The van der Waals surface area contributed by atoms with E-state index in [1.165, 1.54) is 24.3 Å². The molecule has 0 aliphatic heterocycles. The Kier molecular flexibility index (Phi) is 5.90. The number of benzene rings is 1. The highest BCUT2D eigenvalue weighted by atomic mass is 32.1. The molecular formula is C29H24FN7O2S. The molecule has 200 valence electrons. The van der Waals surface area contributed by atoms with Crippen LogP contribution in [0.5, 0.6) is 0 Å². The fraction of sp³-hybridized carbons (Fsp3) is 0.207. The van der Waals surface area contributed by atoms with Gasteiger partial charge in [0.1, 0.15) is 28.9 Å². The van der Waals surface area contributed by atoms with Crippen LogP contribution in [0.3, 0.4) is 0 Å². The Hall–Kier alpha value is -4.48. The average Bonchev–Trinajstić information content (AvgIpc) is 3.65. The van der Waals surface area contributed by atoms with Crippen molar-refractivity contribution in [2.24, 2.45) is 5.92 Å². The largest absolute Gasteiger partial charge is 0.374 e. The summed E-state index contributed by atoms with van der Waals surface area (Å²) in [5, 5.41) is 21.6. The third kappa shape index (κ3) is 4.23. The maximum absolute atomic E-state index is 15.3. The number of Topliss-reactive ketones (excluding diaryl/α,β-unsaturated/α-hetero) is 1. The molecule has 5 aromatic heterocycles. The molecule has 1 unspecified atom stereocenters. The number of hydrogen-bond acceptors (Lipinski definition) is 8. The van der Waals surface area contributed by atoms with Crippen LogP contribution in [0.25, 0.3) is 55.2 Å². The average molecular weight is 554 g/mol. The number of imidazole rings is 1. The quantitative estimate of drug-likeness (QED) is 0.137. The van der Waals surface area contributed by atoms with E-state index in [-0.39, 0.29) is 11.7 Å². The van der Waals surface area contributed by atoms with Crippen molar-refractivity contribution in [3.63, 3.8) is 0 Å². The first-order valence-corrected chi connectivity index (χ1v) is 13.8. The molecule has 0 amide bonds. The molecule has 5 heterocycles. The summed E-state index contributed by atoms with van der Waals surface area (Å²) >= 11 is 1.37. The number of aromatic amines is 2. The van der Waals surface area contributed by atoms with Gasteiger partial charge in [-0.25, -0.2) is 9.37 Å². The molecule has 40 heavy (non-hydrogen) atoms. The van der Waals surface area contributed by atoms with Gasteiger partial charge in [0.05, 0.1) is 32.7 Å². The van der Waals surface area contributed by atoms with Gasteiger partial charge < -0.3 is 15.4 Å². The second-order valence-corrected chi connectivity index (χ2v) is 11.1. The number of carbonyl (C=O) groups is 1. The molecule has 1 fully saturated rings. The number of halogens is 1. The summed E-state index contributed by atoms with van der Waals surface area (Å²) in [6.45, 7) is 1.54. The molecule has 1 atom stereocenters. The number of ketones is 1. The molecule has 6 aromatic rings. The third-order valence-corrected chi connectivity index (χ3v) is 8.62. The molecule has 1 saturated carbocycles. The number of hydrogen-bond donors (Lipinski definition) is 4. The predicted molar refractivity (Wildman–Crippen MR) is 152 cm³/mol. The fourth-order valence-corrected chi connectivity index (χ4v) is 5.93. The van der Waals surface area contributed by atoms with E-state index in [0.29, 0.717) is 55.3 Å². The van der Waals surface area contributed by atoms with E-state index in [1.54, 1.807) is 36.8 Å². The number of H-pyrrole nitrogens is 2. The number of rotatable bonds is 7. The number of aliphatic hydroxyl groups excluding tert-OH is 1. The van der Waals surface area contributed by atoms with E-state index in [2.05, 4.69) is 30.5 Å². The van der Waals surface area contributed by atoms with E-state index in [9.17, 15) is 9.90 Å². The van der Waals surface area contributed by atoms with Crippen molar-refractivity contribution < 1.29 is 14.3 Å². The molecule has 1 aliphatic rings. The number of anilines is 1. The Bertz CT molecular complexity index is 1910. The molecular weight excluding hydrogens is 529 g/mol. The van der Waals surface area contributed by atoms with Crippen molar-refractivity contribution in [3.8, 4) is 33.2 Å². The molecule has 1 aromatic carbocycles. The summed E-state index contributed by atoms with van der Waals surface area (Å²) in [5.41, 5.74) is 4.72. The fourth-order valence-electron chi connectivity index (χ4n) is 5.03. The Morgan fingerprint density at radius 2 is 2.02 bits per heavy atom. The van der Waals surface area contributed by atoms with Gasteiger partial charge in [-0.15, -0.1) is 11.3 Å². The van der Waals surface area contributed by atoms with E-state index < -0.39 is 12.0 Å². The molecule has 1 aliphatic carbocycles. The Morgan fingerprint density at radius 3 is 2.80 bits per heavy atom. The second-order valence-electron chi connectivity index (χ2n) is 10.1. The molecule has 0 radical (unpaired) electrons. The highest BCUT2D eigenvalue weighted by Gasteiger charge is 2.25. The van der Waals surface area contributed by atoms with Gasteiger partial charge in [-0.1, -0.05) is 6.42 Å². The van der Waals surface area contributed by atoms with E-state index >= 15 is 4.39 Å². The van der Waals surface area contributed by atoms with Crippen molar-refractivity contribution in [1.82, 2.24) is 30.1 Å². The number of aliphatic hydroxyl groups is 1. The molecule has 4 N–H and O–H groups in total. The predicted octanol–water partition coefficient (Wildman–Crippen LogP) is 6.16. The summed E-state index contributed by atoms with van der Waals surface area (Å²) in [5.74, 6) is 0.314. The lowest BCUT2D eigenvalue weighted by Gasteiger charge is -2.31. The minimum absolute atomic E-state index is 0.00299. The van der Waals surface area contributed by atoms with E-state index in [1.807, 2.05) is 12.1 Å². The highest BCUT2D eigenvalue weighted by Crippen LogP contribution is 2.36. The summed E-state index contributed by atoms with van der Waals surface area (Å²) in [6, 6.07) is 10.4. The van der Waals surface area contributed by atoms with Crippen LogP contribution in [0.2, 0.25) is 0 Å². The Balaban J connectivity index is 1.27. The minimum Gasteiger partial charge on any atom is -0.374 e. The zero-order chi connectivity index (χ0) is 27.4. The van der Waals surface area contributed by atoms with Crippen LogP contribution < -0.4 is 5.32 Å². The zero-order valence-corrected chi connectivity index (χ0v) is 22.2. The second kappa shape index (κ2) is 9.61. The number of pyridine rings is 2. The summed E-state index contributed by atoms with van der Waals surface area (Å²) in [7, 11) is 0. The minimum atomic E-state index is -0.658. The molecule has 7 rings (SSSR count). The van der Waals surface area contributed by atoms with E-state index in [4.69, 9.17) is 4.98 Å². The molecule has 11 heteroatoms. The lowest BCUT2D eigenvalue weighted by Crippen LogP contribution is -2.33. The normalized spacial score (nSPS) is 14.5. The summed E-state index contributed by atoms with van der Waals surface area (Å²) in [4.78, 5) is 30.2. The number of aromatic nitrogens is 6. The Labute approximate surface area is 231 Å². The lowest BCUT2D eigenvalue weighted by atomic mass is 9.84. The van der Waals surface area contributed by atoms with Crippen molar-refractivity contribution >= 4 is 44.7 Å². The van der Waals surface area contributed by atoms with Gasteiger partial charge in [-0.3, -0.25) is 19.9 Å². The first kappa shape index (κ1) is 24.6. The number of fused-ring (bicyclic) bond motifs is 2. The SMILES string of the molecule is CC(=O)c1ccc(-c2nccc3[nH]c(-c4n[nH]c5cc(F)c(-c6cncc(NC(O)C7CCC7)c6)cc45)nc23)s1. The van der Waals surface area contributed by atoms with Gasteiger partial charge in [0.25, 0.3) is 0 Å². The van der Waals surface area contributed by atoms with Gasteiger partial charge in [-0.2, -0.15) is 5.10 Å². The Morgan fingerprint density at radius 1 is 1.15 bits per heavy atom. The summed E-state index contributed by atoms with van der Waals surface area (Å²) < 4.78 is 15.3. The van der Waals surface area contributed by atoms with Crippen LogP contribution in [0.15, 0.2) is 55.0 Å². The topological polar surface area (TPSA) is 132 Å². The van der Waals surface area contributed by atoms with Crippen molar-refractivity contribution in [2.45, 2.75) is 32.4 Å². The van der Waals surface area contributed by atoms with Crippen LogP contribution in [0.1, 0.15) is 35.9 Å². The van der Waals surface area contributed by atoms with Crippen molar-refractivity contribution in [1.29, 1.82) is 0 Å². The van der Waals surface area contributed by atoms with Crippen molar-refractivity contribution in [2.75, 3.05) is 5.32 Å².